The van der Waals surface area contributed by atoms with Crippen LogP contribution in [0.4, 0.5) is 4.79 Å². The van der Waals surface area contributed by atoms with Gasteiger partial charge in [0, 0.05) is 12.6 Å². The molecule has 1 atom stereocenters. The maximum atomic E-state index is 12.0. The van der Waals surface area contributed by atoms with Crippen molar-refractivity contribution in [1.82, 2.24) is 10.2 Å². The van der Waals surface area contributed by atoms with Gasteiger partial charge in [0.05, 0.1) is 6.61 Å². The Morgan fingerprint density at radius 2 is 1.94 bits per heavy atom. The van der Waals surface area contributed by atoms with Crippen LogP contribution in [0.1, 0.15) is 33.6 Å². The quantitative estimate of drug-likeness (QED) is 0.675. The molecule has 6 nitrogen and oxygen atoms in total. The number of hydrogen-bond donors (Lipinski definition) is 3. The number of amides is 2. The lowest BCUT2D eigenvalue weighted by Crippen LogP contribution is -2.54. The van der Waals surface area contributed by atoms with Gasteiger partial charge in [0.25, 0.3) is 0 Å². The lowest BCUT2D eigenvalue weighted by molar-refractivity contribution is -0.142. The van der Waals surface area contributed by atoms with Crippen LogP contribution >= 0.6 is 0 Å². The molecule has 0 aromatic heterocycles. The number of rotatable bonds is 5. The van der Waals surface area contributed by atoms with E-state index in [9.17, 15) is 9.59 Å². The molecule has 3 N–H and O–H groups in total. The first kappa shape index (κ1) is 14.8. The largest absolute Gasteiger partial charge is 0.480 e. The Morgan fingerprint density at radius 1 is 1.39 bits per heavy atom. The highest BCUT2D eigenvalue weighted by molar-refractivity contribution is 5.83. The zero-order chi connectivity index (χ0) is 13.9. The highest BCUT2D eigenvalue weighted by Gasteiger charge is 2.37. The van der Waals surface area contributed by atoms with Gasteiger partial charge in [0.15, 0.2) is 0 Å². The van der Waals surface area contributed by atoms with E-state index in [0.29, 0.717) is 0 Å². The van der Waals surface area contributed by atoms with Crippen LogP contribution in [0.2, 0.25) is 0 Å². The summed E-state index contributed by atoms with van der Waals surface area (Å²) in [4.78, 5) is 24.7. The van der Waals surface area contributed by atoms with Crippen molar-refractivity contribution in [3.8, 4) is 0 Å². The summed E-state index contributed by atoms with van der Waals surface area (Å²) in [6, 6.07) is -1.20. The molecule has 1 fully saturated rings. The number of nitrogens with zero attached hydrogens (tertiary/aromatic N) is 1. The SMILES string of the molecule is CC(C)(C)[C@@H](NC(=O)N(CCO)C1CC1)C(=O)O. The van der Waals surface area contributed by atoms with Crippen molar-refractivity contribution >= 4 is 12.0 Å². The van der Waals surface area contributed by atoms with Crippen molar-refractivity contribution < 1.29 is 19.8 Å². The summed E-state index contributed by atoms with van der Waals surface area (Å²) in [7, 11) is 0. The third-order valence-electron chi connectivity index (χ3n) is 2.97. The molecular weight excluding hydrogens is 236 g/mol. The molecule has 104 valence electrons. The van der Waals surface area contributed by atoms with Gasteiger partial charge in [0.1, 0.15) is 6.04 Å². The van der Waals surface area contributed by atoms with Crippen molar-refractivity contribution in [2.75, 3.05) is 13.2 Å². The molecule has 0 unspecified atom stereocenters. The second-order valence-corrected chi connectivity index (χ2v) is 5.73. The van der Waals surface area contributed by atoms with Gasteiger partial charge >= 0.3 is 12.0 Å². The summed E-state index contributed by atoms with van der Waals surface area (Å²) in [6.07, 6.45) is 1.83. The summed E-state index contributed by atoms with van der Waals surface area (Å²) in [5.41, 5.74) is -0.560. The third kappa shape index (κ3) is 3.87. The van der Waals surface area contributed by atoms with Gasteiger partial charge in [-0.3, -0.25) is 0 Å². The number of nitrogens with one attached hydrogen (secondary N) is 1. The van der Waals surface area contributed by atoms with E-state index in [1.54, 1.807) is 20.8 Å². The molecule has 0 aromatic rings. The first-order valence-electron chi connectivity index (χ1n) is 6.18. The van der Waals surface area contributed by atoms with Crippen LogP contribution < -0.4 is 5.32 Å². The fraction of sp³-hybridized carbons (Fsp3) is 0.833. The van der Waals surface area contributed by atoms with Crippen molar-refractivity contribution in [2.24, 2.45) is 5.41 Å². The Balaban J connectivity index is 2.67. The van der Waals surface area contributed by atoms with Crippen molar-refractivity contribution in [3.63, 3.8) is 0 Å². The van der Waals surface area contributed by atoms with Gasteiger partial charge in [-0.25, -0.2) is 9.59 Å². The van der Waals surface area contributed by atoms with Gasteiger partial charge in [-0.05, 0) is 18.3 Å². The van der Waals surface area contributed by atoms with Crippen LogP contribution in [0.5, 0.6) is 0 Å². The normalized spacial score (nSPS) is 17.1. The summed E-state index contributed by atoms with van der Waals surface area (Å²) in [5, 5.41) is 20.6. The lowest BCUT2D eigenvalue weighted by atomic mass is 9.87. The van der Waals surface area contributed by atoms with Crippen molar-refractivity contribution in [1.29, 1.82) is 0 Å². The topological polar surface area (TPSA) is 89.9 Å². The number of carbonyl (C=O) groups excluding carboxylic acids is 1. The van der Waals surface area contributed by atoms with E-state index < -0.39 is 23.5 Å². The third-order valence-corrected chi connectivity index (χ3v) is 2.97. The summed E-state index contributed by atoms with van der Waals surface area (Å²) in [5.74, 6) is -1.05. The predicted octanol–water partition coefficient (Wildman–Crippen LogP) is 0.652. The van der Waals surface area contributed by atoms with E-state index >= 15 is 0 Å². The average molecular weight is 258 g/mol. The Kier molecular flexibility index (Phi) is 4.56. The number of aliphatic hydroxyl groups excluding tert-OH is 1. The molecule has 0 aromatic carbocycles. The molecule has 18 heavy (non-hydrogen) atoms. The van der Waals surface area contributed by atoms with Gasteiger partial charge in [0.2, 0.25) is 0 Å². The maximum Gasteiger partial charge on any atom is 0.326 e. The second-order valence-electron chi connectivity index (χ2n) is 5.73. The van der Waals surface area contributed by atoms with Gasteiger partial charge in [-0.1, -0.05) is 20.8 Å². The summed E-state index contributed by atoms with van der Waals surface area (Å²) in [6.45, 7) is 5.42. The van der Waals surface area contributed by atoms with Crippen LogP contribution in [0.3, 0.4) is 0 Å². The molecule has 6 heteroatoms. The monoisotopic (exact) mass is 258 g/mol. The standard InChI is InChI=1S/C12H22N2O4/c1-12(2,3)9(10(16)17)13-11(18)14(6-7-15)8-4-5-8/h8-9,15H,4-7H2,1-3H3,(H,13,18)(H,16,17)/t9-/m0/s1. The number of carboxylic acid groups (broad SMARTS) is 1. The number of carbonyl (C=O) groups is 2. The van der Waals surface area contributed by atoms with Crippen LogP contribution in [0.15, 0.2) is 0 Å². The molecule has 0 aliphatic heterocycles. The van der Waals surface area contributed by atoms with Crippen LogP contribution in [0.25, 0.3) is 0 Å². The van der Waals surface area contributed by atoms with E-state index in [1.807, 2.05) is 0 Å². The van der Waals surface area contributed by atoms with Crippen molar-refractivity contribution in [3.05, 3.63) is 0 Å². The molecule has 0 saturated heterocycles. The zero-order valence-electron chi connectivity index (χ0n) is 11.1. The van der Waals surface area contributed by atoms with Crippen molar-refractivity contribution in [2.45, 2.75) is 45.7 Å². The summed E-state index contributed by atoms with van der Waals surface area (Å²) < 4.78 is 0. The number of aliphatic hydroxyl groups is 1. The number of aliphatic carboxylic acids is 1. The number of urea groups is 1. The highest BCUT2D eigenvalue weighted by atomic mass is 16.4. The van der Waals surface area contributed by atoms with E-state index in [1.165, 1.54) is 4.90 Å². The second kappa shape index (κ2) is 5.56. The first-order chi connectivity index (χ1) is 8.27. The molecule has 1 aliphatic rings. The fourth-order valence-corrected chi connectivity index (χ4v) is 1.80. The Hall–Kier alpha value is -1.30. The molecule has 1 aliphatic carbocycles. The minimum atomic E-state index is -1.05. The highest BCUT2D eigenvalue weighted by Crippen LogP contribution is 2.27. The average Bonchev–Trinajstić information content (AvgIpc) is 3.03. The van der Waals surface area contributed by atoms with Crippen LogP contribution in [0, 0.1) is 5.41 Å². The van der Waals surface area contributed by atoms with Crippen LogP contribution in [-0.2, 0) is 4.79 Å². The van der Waals surface area contributed by atoms with Gasteiger partial charge in [-0.2, -0.15) is 0 Å². The molecule has 2 amide bonds. The minimum Gasteiger partial charge on any atom is -0.480 e. The van der Waals surface area contributed by atoms with Crippen LogP contribution in [-0.4, -0.2) is 52.3 Å². The van der Waals surface area contributed by atoms with E-state index in [2.05, 4.69) is 5.32 Å². The Labute approximate surface area is 107 Å². The Morgan fingerprint density at radius 3 is 2.28 bits per heavy atom. The van der Waals surface area contributed by atoms with Gasteiger partial charge in [-0.15, -0.1) is 0 Å². The zero-order valence-corrected chi connectivity index (χ0v) is 11.1. The predicted molar refractivity (Wildman–Crippen MR) is 66.2 cm³/mol. The molecule has 0 bridgehead atoms. The molecule has 1 saturated carbocycles. The molecule has 0 spiro atoms. The molecular formula is C12H22N2O4. The molecule has 0 heterocycles. The smallest absolute Gasteiger partial charge is 0.326 e. The first-order valence-corrected chi connectivity index (χ1v) is 6.18. The minimum absolute atomic E-state index is 0.114. The molecule has 1 rings (SSSR count). The van der Waals surface area contributed by atoms with E-state index in [4.69, 9.17) is 10.2 Å². The number of carboxylic acids is 1. The molecule has 0 radical (unpaired) electrons. The number of hydrogen-bond acceptors (Lipinski definition) is 3. The maximum absolute atomic E-state index is 12.0. The lowest BCUT2D eigenvalue weighted by Gasteiger charge is -2.31. The summed E-state index contributed by atoms with van der Waals surface area (Å²) >= 11 is 0. The van der Waals surface area contributed by atoms with Gasteiger partial charge < -0.3 is 20.4 Å². The fourth-order valence-electron chi connectivity index (χ4n) is 1.80. The van der Waals surface area contributed by atoms with E-state index in [-0.39, 0.29) is 19.2 Å². The van der Waals surface area contributed by atoms with E-state index in [0.717, 1.165) is 12.8 Å². The Bertz CT molecular complexity index is 321.